The number of carbonyl (C=O) groups is 2. The van der Waals surface area contributed by atoms with E-state index in [2.05, 4.69) is 10.6 Å². The lowest BCUT2D eigenvalue weighted by Gasteiger charge is -2.35. The summed E-state index contributed by atoms with van der Waals surface area (Å²) in [6, 6.07) is 14.8. The predicted molar refractivity (Wildman–Crippen MR) is 145 cm³/mol. The summed E-state index contributed by atoms with van der Waals surface area (Å²) in [4.78, 5) is 35.4. The van der Waals surface area contributed by atoms with Gasteiger partial charge < -0.3 is 29.6 Å². The summed E-state index contributed by atoms with van der Waals surface area (Å²) in [6.45, 7) is 3.53. The Labute approximate surface area is 223 Å². The summed E-state index contributed by atoms with van der Waals surface area (Å²) >= 11 is 0. The fourth-order valence-corrected chi connectivity index (χ4v) is 5.80. The highest BCUT2D eigenvalue weighted by Crippen LogP contribution is 2.31. The molecule has 0 radical (unpaired) electrons. The number of fused-ring (bicyclic) bond motifs is 1. The molecule has 2 aromatic carbocycles. The number of benzene rings is 2. The molecule has 38 heavy (non-hydrogen) atoms. The highest BCUT2D eigenvalue weighted by Gasteiger charge is 2.41. The number of ether oxygens (including phenoxy) is 2. The Hall–Kier alpha value is -3.43. The van der Waals surface area contributed by atoms with Gasteiger partial charge >= 0.3 is 0 Å². The molecule has 3 aromatic rings. The van der Waals surface area contributed by atoms with Crippen molar-refractivity contribution in [1.29, 1.82) is 0 Å². The number of methoxy groups -OCH3 is 2. The molecule has 5 rings (SSSR count). The molecule has 2 aliphatic rings. The van der Waals surface area contributed by atoms with Crippen molar-refractivity contribution in [1.82, 2.24) is 19.4 Å². The largest absolute Gasteiger partial charge is 0.497 e. The molecular weight excluding hydrogens is 482 g/mol. The molecule has 0 aliphatic carbocycles. The quantitative estimate of drug-likeness (QED) is 0.459. The van der Waals surface area contributed by atoms with Crippen LogP contribution in [0, 0.1) is 5.92 Å². The number of nitrogens with two attached hydrogens (primary N) is 1. The Bertz CT molecular complexity index is 1270. The smallest absolute Gasteiger partial charge is 0.253 e. The number of para-hydroxylation sites is 2. The van der Waals surface area contributed by atoms with E-state index in [1.165, 1.54) is 0 Å². The van der Waals surface area contributed by atoms with Crippen LogP contribution in [0.3, 0.4) is 0 Å². The minimum absolute atomic E-state index is 0.0364. The van der Waals surface area contributed by atoms with Crippen molar-refractivity contribution >= 4 is 22.8 Å². The molecule has 9 heteroatoms. The predicted octanol–water partition coefficient (Wildman–Crippen LogP) is 2.89. The van der Waals surface area contributed by atoms with E-state index < -0.39 is 5.92 Å². The van der Waals surface area contributed by atoms with Gasteiger partial charge in [0, 0.05) is 64.0 Å². The molecule has 9 nitrogen and oxygen atoms in total. The first-order valence-electron chi connectivity index (χ1n) is 13.4. The third kappa shape index (κ3) is 5.26. The molecule has 3 atom stereocenters. The summed E-state index contributed by atoms with van der Waals surface area (Å²) in [5, 5.41) is 0. The topological polar surface area (TPSA) is 103 Å². The van der Waals surface area contributed by atoms with Gasteiger partial charge in [0.1, 0.15) is 11.6 Å². The van der Waals surface area contributed by atoms with Crippen molar-refractivity contribution in [3.05, 3.63) is 59.9 Å². The van der Waals surface area contributed by atoms with E-state index in [0.717, 1.165) is 42.7 Å². The molecule has 0 unspecified atom stereocenters. The summed E-state index contributed by atoms with van der Waals surface area (Å²) in [6.07, 6.45) is 2.79. The van der Waals surface area contributed by atoms with E-state index in [-0.39, 0.29) is 23.8 Å². The number of amides is 2. The maximum absolute atomic E-state index is 13.7. The van der Waals surface area contributed by atoms with Crippen LogP contribution in [0.15, 0.2) is 48.5 Å². The normalized spacial score (nSPS) is 21.7. The van der Waals surface area contributed by atoms with Gasteiger partial charge in [-0.05, 0) is 55.7 Å². The van der Waals surface area contributed by atoms with Crippen LogP contribution in [0.25, 0.3) is 11.0 Å². The number of rotatable bonds is 8. The van der Waals surface area contributed by atoms with Gasteiger partial charge in [-0.1, -0.05) is 12.1 Å². The zero-order valence-corrected chi connectivity index (χ0v) is 22.2. The van der Waals surface area contributed by atoms with Gasteiger partial charge in [0.05, 0.1) is 24.1 Å². The summed E-state index contributed by atoms with van der Waals surface area (Å²) in [5.74, 6) is 1.40. The van der Waals surface area contributed by atoms with E-state index in [0.29, 0.717) is 44.1 Å². The van der Waals surface area contributed by atoms with Crippen molar-refractivity contribution in [2.45, 2.75) is 37.8 Å². The van der Waals surface area contributed by atoms with E-state index in [1.54, 1.807) is 43.4 Å². The first-order chi connectivity index (χ1) is 18.5. The van der Waals surface area contributed by atoms with E-state index in [9.17, 15) is 9.59 Å². The monoisotopic (exact) mass is 519 g/mol. The van der Waals surface area contributed by atoms with Gasteiger partial charge in [-0.25, -0.2) is 4.98 Å². The minimum Gasteiger partial charge on any atom is -0.497 e. The highest BCUT2D eigenvalue weighted by atomic mass is 16.5. The van der Waals surface area contributed by atoms with Crippen LogP contribution in [-0.4, -0.2) is 84.2 Å². The van der Waals surface area contributed by atoms with Crippen LogP contribution < -0.4 is 10.5 Å². The lowest BCUT2D eigenvalue weighted by Crippen LogP contribution is -2.47. The average Bonchev–Trinajstić information content (AvgIpc) is 3.53. The Morgan fingerprint density at radius 3 is 2.58 bits per heavy atom. The van der Waals surface area contributed by atoms with Crippen LogP contribution in [0.1, 0.15) is 41.4 Å². The summed E-state index contributed by atoms with van der Waals surface area (Å²) < 4.78 is 12.8. The molecular formula is C29H37N5O4. The number of hydrogen-bond acceptors (Lipinski definition) is 6. The van der Waals surface area contributed by atoms with Crippen molar-refractivity contribution < 1.29 is 19.1 Å². The van der Waals surface area contributed by atoms with E-state index in [1.807, 2.05) is 23.1 Å². The number of hydrogen-bond donors (Lipinski definition) is 1. The van der Waals surface area contributed by atoms with E-state index in [4.69, 9.17) is 20.2 Å². The average molecular weight is 520 g/mol. The van der Waals surface area contributed by atoms with Gasteiger partial charge in [0.25, 0.3) is 5.91 Å². The maximum Gasteiger partial charge on any atom is 0.253 e. The van der Waals surface area contributed by atoms with Gasteiger partial charge in [0.15, 0.2) is 0 Å². The van der Waals surface area contributed by atoms with Crippen LogP contribution in [0.4, 0.5) is 0 Å². The van der Waals surface area contributed by atoms with Crippen LogP contribution >= 0.6 is 0 Å². The third-order valence-electron chi connectivity index (χ3n) is 7.82. The molecule has 1 aromatic heterocycles. The Morgan fingerprint density at radius 1 is 1.03 bits per heavy atom. The molecule has 0 bridgehead atoms. The number of aryl methyl sites for hydroxylation is 1. The molecule has 2 saturated heterocycles. The fourth-order valence-electron chi connectivity index (χ4n) is 5.80. The molecule has 202 valence electrons. The molecule has 0 saturated carbocycles. The lowest BCUT2D eigenvalue weighted by atomic mass is 9.94. The third-order valence-corrected chi connectivity index (χ3v) is 7.82. The number of imidazole rings is 1. The van der Waals surface area contributed by atoms with Gasteiger partial charge in [-0.15, -0.1) is 0 Å². The minimum atomic E-state index is -0.406. The van der Waals surface area contributed by atoms with Crippen molar-refractivity contribution in [2.24, 2.45) is 11.7 Å². The number of nitrogens with zero attached hydrogens (tertiary/aromatic N) is 4. The zero-order valence-electron chi connectivity index (χ0n) is 22.2. The molecule has 2 N–H and O–H groups in total. The maximum atomic E-state index is 13.7. The molecule has 0 spiro atoms. The summed E-state index contributed by atoms with van der Waals surface area (Å²) in [7, 11) is 3.31. The molecule has 2 fully saturated rings. The van der Waals surface area contributed by atoms with E-state index >= 15 is 0 Å². The molecule has 3 heterocycles. The van der Waals surface area contributed by atoms with Crippen LogP contribution in [-0.2, 0) is 16.1 Å². The van der Waals surface area contributed by atoms with Gasteiger partial charge in [-0.2, -0.15) is 0 Å². The number of likely N-dealkylation sites (tertiary alicyclic amines) is 2. The van der Waals surface area contributed by atoms with Crippen molar-refractivity contribution in [3.63, 3.8) is 0 Å². The second-order valence-electron chi connectivity index (χ2n) is 10.3. The Balaban J connectivity index is 1.29. The van der Waals surface area contributed by atoms with Crippen LogP contribution in [0.5, 0.6) is 5.75 Å². The second kappa shape index (κ2) is 11.5. The SMILES string of the molecule is COCCCn1c([C@@H]2CCCN(C(=O)[C@@H]3CN(C(=O)c4ccc(OC)cc4)C[C@H]3N)C2)nc2ccccc21. The number of carbonyl (C=O) groups excluding carboxylic acids is 2. The van der Waals surface area contributed by atoms with Crippen molar-refractivity contribution in [3.8, 4) is 5.75 Å². The number of piperidine rings is 1. The number of aromatic nitrogens is 2. The lowest BCUT2D eigenvalue weighted by molar-refractivity contribution is -0.136. The van der Waals surface area contributed by atoms with Crippen molar-refractivity contribution in [2.75, 3.05) is 47.0 Å². The standard InChI is InChI=1S/C29H37N5O4/c1-37-16-6-15-34-26-9-4-3-8-25(26)31-27(34)21-7-5-14-32(17-21)29(36)23-18-33(19-24(23)30)28(35)20-10-12-22(38-2)13-11-20/h3-4,8-13,21,23-24H,5-7,14-19,30H2,1-2H3/t21-,23-,24-/m1/s1. The fraction of sp³-hybridized carbons (Fsp3) is 0.483. The Morgan fingerprint density at radius 2 is 1.82 bits per heavy atom. The second-order valence-corrected chi connectivity index (χ2v) is 10.3. The van der Waals surface area contributed by atoms with Gasteiger partial charge in [-0.3, -0.25) is 9.59 Å². The van der Waals surface area contributed by atoms with Crippen LogP contribution in [0.2, 0.25) is 0 Å². The first-order valence-corrected chi connectivity index (χ1v) is 13.4. The molecule has 2 amide bonds. The zero-order chi connectivity index (χ0) is 26.6. The van der Waals surface area contributed by atoms with Gasteiger partial charge in [0.2, 0.25) is 5.91 Å². The highest BCUT2D eigenvalue weighted by molar-refractivity contribution is 5.95. The first kappa shape index (κ1) is 26.2. The summed E-state index contributed by atoms with van der Waals surface area (Å²) in [5.41, 5.74) is 9.10. The Kier molecular flexibility index (Phi) is 7.95. The molecule has 2 aliphatic heterocycles.